The standard InChI is InChI=1S/C16H14FN3O4/c1-20-14(21)12-10(8-3-5-9(17)6-4-8)7-11(15(22)23)18-13(12)19-16(20)24-2/h3-7,10,18H,1-2H3,(H,22,23). The van der Waals surface area contributed by atoms with Crippen molar-refractivity contribution < 1.29 is 19.0 Å². The monoisotopic (exact) mass is 331 g/mol. The summed E-state index contributed by atoms with van der Waals surface area (Å²) in [6.45, 7) is 0. The lowest BCUT2D eigenvalue weighted by Crippen LogP contribution is -2.31. The maximum Gasteiger partial charge on any atom is 0.352 e. The fraction of sp³-hybridized carbons (Fsp3) is 0.188. The molecule has 24 heavy (non-hydrogen) atoms. The molecule has 0 saturated carbocycles. The van der Waals surface area contributed by atoms with Crippen LogP contribution >= 0.6 is 0 Å². The van der Waals surface area contributed by atoms with E-state index in [4.69, 9.17) is 4.74 Å². The van der Waals surface area contributed by atoms with Crippen LogP contribution < -0.4 is 15.6 Å². The Hall–Kier alpha value is -3.16. The van der Waals surface area contributed by atoms with Crippen molar-refractivity contribution in [3.8, 4) is 6.01 Å². The Morgan fingerprint density at radius 3 is 2.62 bits per heavy atom. The second-order valence-corrected chi connectivity index (χ2v) is 5.26. The first kappa shape index (κ1) is 15.7. The van der Waals surface area contributed by atoms with Crippen molar-refractivity contribution in [1.29, 1.82) is 0 Å². The molecule has 1 aliphatic heterocycles. The van der Waals surface area contributed by atoms with Gasteiger partial charge in [0.25, 0.3) is 5.56 Å². The van der Waals surface area contributed by atoms with Crippen molar-refractivity contribution in [1.82, 2.24) is 9.55 Å². The molecular formula is C16H14FN3O4. The number of nitrogens with one attached hydrogen (secondary N) is 1. The van der Waals surface area contributed by atoms with Gasteiger partial charge in [0, 0.05) is 13.0 Å². The van der Waals surface area contributed by atoms with Crippen LogP contribution in [0.1, 0.15) is 17.0 Å². The van der Waals surface area contributed by atoms with Crippen molar-refractivity contribution in [2.75, 3.05) is 12.4 Å². The molecule has 0 bridgehead atoms. The maximum atomic E-state index is 13.2. The van der Waals surface area contributed by atoms with Crippen LogP contribution in [0.15, 0.2) is 40.8 Å². The van der Waals surface area contributed by atoms with Gasteiger partial charge in [0.1, 0.15) is 17.3 Å². The predicted octanol–water partition coefficient (Wildman–Crippen LogP) is 1.45. The number of fused-ring (bicyclic) bond motifs is 1. The summed E-state index contributed by atoms with van der Waals surface area (Å²) in [6.07, 6.45) is 1.41. The number of methoxy groups -OCH3 is 1. The van der Waals surface area contributed by atoms with Gasteiger partial charge >= 0.3 is 12.0 Å². The van der Waals surface area contributed by atoms with Crippen molar-refractivity contribution in [3.05, 3.63) is 63.3 Å². The molecule has 0 radical (unpaired) electrons. The number of rotatable bonds is 3. The van der Waals surface area contributed by atoms with E-state index in [1.165, 1.54) is 49.1 Å². The van der Waals surface area contributed by atoms with E-state index in [0.29, 0.717) is 5.56 Å². The molecule has 0 amide bonds. The summed E-state index contributed by atoms with van der Waals surface area (Å²) in [6, 6.07) is 5.58. The number of allylic oxidation sites excluding steroid dienone is 1. The van der Waals surface area contributed by atoms with E-state index in [1.807, 2.05) is 0 Å². The predicted molar refractivity (Wildman–Crippen MR) is 83.6 cm³/mol. The lowest BCUT2D eigenvalue weighted by molar-refractivity contribution is -0.132. The van der Waals surface area contributed by atoms with E-state index in [-0.39, 0.29) is 28.6 Å². The molecule has 1 unspecified atom stereocenters. The quantitative estimate of drug-likeness (QED) is 0.884. The number of anilines is 1. The Kier molecular flexibility index (Phi) is 3.80. The molecule has 7 nitrogen and oxygen atoms in total. The lowest BCUT2D eigenvalue weighted by atomic mass is 9.89. The summed E-state index contributed by atoms with van der Waals surface area (Å²) in [4.78, 5) is 28.2. The summed E-state index contributed by atoms with van der Waals surface area (Å²) < 4.78 is 19.5. The number of carboxylic acid groups (broad SMARTS) is 1. The molecule has 2 heterocycles. The van der Waals surface area contributed by atoms with Gasteiger partial charge < -0.3 is 15.2 Å². The van der Waals surface area contributed by atoms with Gasteiger partial charge in [-0.3, -0.25) is 9.36 Å². The molecule has 0 saturated heterocycles. The normalized spacial score (nSPS) is 16.0. The van der Waals surface area contributed by atoms with Gasteiger partial charge in [-0.25, -0.2) is 9.18 Å². The van der Waals surface area contributed by atoms with Gasteiger partial charge in [-0.05, 0) is 23.8 Å². The van der Waals surface area contributed by atoms with Crippen LogP contribution in [-0.2, 0) is 11.8 Å². The van der Waals surface area contributed by atoms with Crippen LogP contribution in [0.3, 0.4) is 0 Å². The Labute approximate surface area is 136 Å². The average Bonchev–Trinajstić information content (AvgIpc) is 2.57. The van der Waals surface area contributed by atoms with E-state index in [1.54, 1.807) is 0 Å². The second kappa shape index (κ2) is 5.80. The molecule has 2 aromatic rings. The van der Waals surface area contributed by atoms with E-state index < -0.39 is 17.7 Å². The summed E-state index contributed by atoms with van der Waals surface area (Å²) >= 11 is 0. The van der Waals surface area contributed by atoms with E-state index in [9.17, 15) is 19.1 Å². The maximum absolute atomic E-state index is 13.2. The minimum atomic E-state index is -1.19. The highest BCUT2D eigenvalue weighted by Gasteiger charge is 2.30. The molecule has 124 valence electrons. The molecule has 2 N–H and O–H groups in total. The summed E-state index contributed by atoms with van der Waals surface area (Å²) in [5.74, 6) is -2.15. The summed E-state index contributed by atoms with van der Waals surface area (Å²) in [5.41, 5.74) is 0.371. The topological polar surface area (TPSA) is 93.5 Å². The zero-order valence-corrected chi connectivity index (χ0v) is 12.9. The van der Waals surface area contributed by atoms with Gasteiger partial charge in [0.15, 0.2) is 0 Å². The zero-order chi connectivity index (χ0) is 17.4. The molecular weight excluding hydrogens is 317 g/mol. The third-order valence-electron chi connectivity index (χ3n) is 3.82. The molecule has 0 spiro atoms. The zero-order valence-electron chi connectivity index (χ0n) is 12.9. The SMILES string of the molecule is COc1nc2c(c(=O)n1C)C(c1ccc(F)cc1)C=C(C(=O)O)N2. The minimum Gasteiger partial charge on any atom is -0.477 e. The number of hydrogen-bond acceptors (Lipinski definition) is 5. The first-order valence-electron chi connectivity index (χ1n) is 7.05. The number of ether oxygens (including phenoxy) is 1. The van der Waals surface area contributed by atoms with Gasteiger partial charge in [0.2, 0.25) is 0 Å². The van der Waals surface area contributed by atoms with Gasteiger partial charge in [-0.15, -0.1) is 0 Å². The lowest BCUT2D eigenvalue weighted by Gasteiger charge is -2.24. The van der Waals surface area contributed by atoms with E-state index >= 15 is 0 Å². The number of halogens is 1. The van der Waals surface area contributed by atoms with Crippen molar-refractivity contribution in [2.45, 2.75) is 5.92 Å². The number of benzene rings is 1. The molecule has 1 atom stereocenters. The summed E-state index contributed by atoms with van der Waals surface area (Å²) in [5, 5.41) is 11.9. The van der Waals surface area contributed by atoms with Crippen LogP contribution in [-0.4, -0.2) is 27.7 Å². The minimum absolute atomic E-state index is 0.0516. The number of carboxylic acids is 1. The third-order valence-corrected chi connectivity index (χ3v) is 3.82. The fourth-order valence-electron chi connectivity index (χ4n) is 2.63. The molecule has 1 aromatic carbocycles. The van der Waals surface area contributed by atoms with Crippen molar-refractivity contribution in [3.63, 3.8) is 0 Å². The van der Waals surface area contributed by atoms with Gasteiger partial charge in [0.05, 0.1) is 12.7 Å². The Morgan fingerprint density at radius 1 is 1.38 bits per heavy atom. The molecule has 3 rings (SSSR count). The van der Waals surface area contributed by atoms with Crippen molar-refractivity contribution >= 4 is 11.8 Å². The van der Waals surface area contributed by atoms with Crippen LogP contribution in [0.2, 0.25) is 0 Å². The Balaban J connectivity index is 2.25. The highest BCUT2D eigenvalue weighted by molar-refractivity contribution is 5.91. The van der Waals surface area contributed by atoms with E-state index in [0.717, 1.165) is 0 Å². The van der Waals surface area contributed by atoms with Gasteiger partial charge in [-0.2, -0.15) is 4.98 Å². The fourth-order valence-corrected chi connectivity index (χ4v) is 2.63. The molecule has 8 heteroatoms. The second-order valence-electron chi connectivity index (χ2n) is 5.26. The Morgan fingerprint density at radius 2 is 2.04 bits per heavy atom. The molecule has 1 aliphatic rings. The number of hydrogen-bond donors (Lipinski definition) is 2. The first-order chi connectivity index (χ1) is 11.4. The smallest absolute Gasteiger partial charge is 0.352 e. The average molecular weight is 331 g/mol. The molecule has 0 fully saturated rings. The van der Waals surface area contributed by atoms with Crippen LogP contribution in [0, 0.1) is 5.82 Å². The van der Waals surface area contributed by atoms with Crippen LogP contribution in [0.5, 0.6) is 6.01 Å². The van der Waals surface area contributed by atoms with E-state index in [2.05, 4.69) is 10.3 Å². The largest absolute Gasteiger partial charge is 0.477 e. The van der Waals surface area contributed by atoms with Crippen LogP contribution in [0.25, 0.3) is 0 Å². The highest BCUT2D eigenvalue weighted by atomic mass is 19.1. The highest BCUT2D eigenvalue weighted by Crippen LogP contribution is 2.34. The number of aliphatic carboxylic acids is 1. The van der Waals surface area contributed by atoms with Gasteiger partial charge in [-0.1, -0.05) is 12.1 Å². The molecule has 0 aliphatic carbocycles. The molecule has 1 aromatic heterocycles. The number of carbonyl (C=O) groups is 1. The van der Waals surface area contributed by atoms with Crippen molar-refractivity contribution in [2.24, 2.45) is 7.05 Å². The Bertz CT molecular complexity index is 903. The van der Waals surface area contributed by atoms with Crippen LogP contribution in [0.4, 0.5) is 10.2 Å². The first-order valence-corrected chi connectivity index (χ1v) is 7.05. The summed E-state index contributed by atoms with van der Waals surface area (Å²) in [7, 11) is 2.87. The number of nitrogens with zero attached hydrogens (tertiary/aromatic N) is 2. The third kappa shape index (κ3) is 2.51. The number of aromatic nitrogens is 2.